The highest BCUT2D eigenvalue weighted by molar-refractivity contribution is 5.71. The number of hydrogen-bond donors (Lipinski definition) is 1. The highest BCUT2D eigenvalue weighted by Crippen LogP contribution is 2.20. The van der Waals surface area contributed by atoms with Crippen LogP contribution >= 0.6 is 0 Å². The Balaban J connectivity index is 4.06. The Morgan fingerprint density at radius 1 is 1.41 bits per heavy atom. The van der Waals surface area contributed by atoms with Crippen molar-refractivity contribution in [2.45, 2.75) is 46.6 Å². The second-order valence-corrected chi connectivity index (χ2v) is 5.61. The van der Waals surface area contributed by atoms with Gasteiger partial charge in [-0.25, -0.2) is 0 Å². The highest BCUT2D eigenvalue weighted by Gasteiger charge is 2.18. The lowest BCUT2D eigenvalue weighted by molar-refractivity contribution is -0.142. The molecule has 0 atom stereocenters. The van der Waals surface area contributed by atoms with Crippen molar-refractivity contribution in [2.24, 2.45) is 11.1 Å². The van der Waals surface area contributed by atoms with Crippen LogP contribution in [0.2, 0.25) is 0 Å². The van der Waals surface area contributed by atoms with E-state index in [1.54, 1.807) is 0 Å². The molecule has 0 heterocycles. The molecule has 0 aliphatic heterocycles. The van der Waals surface area contributed by atoms with E-state index in [1.165, 1.54) is 7.11 Å². The Morgan fingerprint density at radius 2 is 2.00 bits per heavy atom. The van der Waals surface area contributed by atoms with Crippen LogP contribution in [0.1, 0.15) is 40.5 Å². The quantitative estimate of drug-likeness (QED) is 0.659. The molecule has 0 amide bonds. The molecule has 0 spiro atoms. The van der Waals surface area contributed by atoms with Gasteiger partial charge in [0, 0.05) is 6.04 Å². The summed E-state index contributed by atoms with van der Waals surface area (Å²) in [4.78, 5) is 13.4. The zero-order valence-corrected chi connectivity index (χ0v) is 12.0. The number of carbonyl (C=O) groups is 1. The van der Waals surface area contributed by atoms with Gasteiger partial charge in [-0.05, 0) is 45.2 Å². The van der Waals surface area contributed by atoms with Crippen molar-refractivity contribution >= 4 is 5.97 Å². The minimum Gasteiger partial charge on any atom is -0.468 e. The van der Waals surface area contributed by atoms with Gasteiger partial charge in [-0.3, -0.25) is 9.69 Å². The van der Waals surface area contributed by atoms with E-state index in [0.717, 1.165) is 19.4 Å². The molecule has 2 N–H and O–H groups in total. The molecule has 0 fully saturated rings. The van der Waals surface area contributed by atoms with E-state index in [4.69, 9.17) is 10.5 Å². The lowest BCUT2D eigenvalue weighted by Crippen LogP contribution is -2.37. The Kier molecular flexibility index (Phi) is 7.39. The number of carbonyl (C=O) groups excluding carboxylic acids is 1. The summed E-state index contributed by atoms with van der Waals surface area (Å²) in [5.74, 6) is -0.170. The fraction of sp³-hybridized carbons (Fsp3) is 0.923. The fourth-order valence-electron chi connectivity index (χ4n) is 1.61. The van der Waals surface area contributed by atoms with Crippen LogP contribution in [0, 0.1) is 5.41 Å². The summed E-state index contributed by atoms with van der Waals surface area (Å²) in [6.45, 7) is 10.5. The maximum Gasteiger partial charge on any atom is 0.319 e. The number of rotatable bonds is 8. The molecular weight excluding hydrogens is 216 g/mol. The summed E-state index contributed by atoms with van der Waals surface area (Å²) >= 11 is 0. The van der Waals surface area contributed by atoms with Crippen LogP contribution in [0.15, 0.2) is 0 Å². The summed E-state index contributed by atoms with van der Waals surface area (Å²) in [7, 11) is 1.43. The van der Waals surface area contributed by atoms with Gasteiger partial charge in [0.05, 0.1) is 13.7 Å². The largest absolute Gasteiger partial charge is 0.468 e. The van der Waals surface area contributed by atoms with Gasteiger partial charge in [-0.1, -0.05) is 13.8 Å². The van der Waals surface area contributed by atoms with Crippen molar-refractivity contribution in [2.75, 3.05) is 26.7 Å². The van der Waals surface area contributed by atoms with Gasteiger partial charge in [-0.15, -0.1) is 0 Å². The first kappa shape index (κ1) is 16.4. The van der Waals surface area contributed by atoms with E-state index >= 15 is 0 Å². The second kappa shape index (κ2) is 7.67. The van der Waals surface area contributed by atoms with E-state index in [1.807, 2.05) is 0 Å². The van der Waals surface area contributed by atoms with Crippen LogP contribution in [-0.2, 0) is 9.53 Å². The van der Waals surface area contributed by atoms with Crippen molar-refractivity contribution in [3.05, 3.63) is 0 Å². The summed E-state index contributed by atoms with van der Waals surface area (Å²) < 4.78 is 4.70. The van der Waals surface area contributed by atoms with Crippen molar-refractivity contribution in [1.29, 1.82) is 0 Å². The van der Waals surface area contributed by atoms with Gasteiger partial charge in [-0.2, -0.15) is 0 Å². The van der Waals surface area contributed by atoms with Gasteiger partial charge in [0.1, 0.15) is 0 Å². The van der Waals surface area contributed by atoms with Gasteiger partial charge in [0.25, 0.3) is 0 Å². The first-order valence-electron chi connectivity index (χ1n) is 6.33. The molecule has 0 aromatic carbocycles. The average molecular weight is 244 g/mol. The molecule has 17 heavy (non-hydrogen) atoms. The molecule has 0 saturated heterocycles. The predicted molar refractivity (Wildman–Crippen MR) is 70.8 cm³/mol. The molecule has 0 unspecified atom stereocenters. The lowest BCUT2D eigenvalue weighted by Gasteiger charge is -2.28. The number of ether oxygens (including phenoxy) is 1. The number of methoxy groups -OCH3 is 1. The molecular formula is C13H28N2O2. The number of hydrogen-bond acceptors (Lipinski definition) is 4. The van der Waals surface area contributed by atoms with Crippen molar-refractivity contribution in [3.8, 4) is 0 Å². The normalized spacial score (nSPS) is 12.2. The zero-order valence-electron chi connectivity index (χ0n) is 12.0. The minimum atomic E-state index is -0.170. The molecule has 0 bridgehead atoms. The summed E-state index contributed by atoms with van der Waals surface area (Å²) in [5.41, 5.74) is 5.89. The average Bonchev–Trinajstić information content (AvgIpc) is 2.27. The molecule has 0 radical (unpaired) electrons. The SMILES string of the molecule is COC(=O)CN(CCCC(C)(C)CN)C(C)C. The number of esters is 1. The number of nitrogens with two attached hydrogens (primary N) is 1. The maximum atomic E-state index is 11.3. The van der Waals surface area contributed by atoms with E-state index in [0.29, 0.717) is 19.1 Å². The molecule has 0 aliphatic carbocycles. The molecule has 4 heteroatoms. The zero-order chi connectivity index (χ0) is 13.5. The molecule has 0 aromatic heterocycles. The van der Waals surface area contributed by atoms with Crippen molar-refractivity contribution in [3.63, 3.8) is 0 Å². The van der Waals surface area contributed by atoms with E-state index in [9.17, 15) is 4.79 Å². The molecule has 4 nitrogen and oxygen atoms in total. The van der Waals surface area contributed by atoms with Crippen LogP contribution in [-0.4, -0.2) is 43.7 Å². The molecule has 0 aromatic rings. The fourth-order valence-corrected chi connectivity index (χ4v) is 1.61. The number of nitrogens with zero attached hydrogens (tertiary/aromatic N) is 1. The van der Waals surface area contributed by atoms with Crippen LogP contribution in [0.3, 0.4) is 0 Å². The molecule has 102 valence electrons. The van der Waals surface area contributed by atoms with Gasteiger partial charge >= 0.3 is 5.97 Å². The van der Waals surface area contributed by atoms with Crippen LogP contribution in [0.25, 0.3) is 0 Å². The first-order valence-corrected chi connectivity index (χ1v) is 6.33. The Hall–Kier alpha value is -0.610. The van der Waals surface area contributed by atoms with Gasteiger partial charge in [0.2, 0.25) is 0 Å². The summed E-state index contributed by atoms with van der Waals surface area (Å²) in [6.07, 6.45) is 2.13. The third-order valence-corrected chi connectivity index (χ3v) is 3.14. The molecule has 0 saturated carbocycles. The van der Waals surface area contributed by atoms with Crippen LogP contribution in [0.5, 0.6) is 0 Å². The van der Waals surface area contributed by atoms with Crippen LogP contribution in [0.4, 0.5) is 0 Å². The summed E-state index contributed by atoms with van der Waals surface area (Å²) in [5, 5.41) is 0. The lowest BCUT2D eigenvalue weighted by atomic mass is 9.88. The van der Waals surface area contributed by atoms with Crippen LogP contribution < -0.4 is 5.73 Å². The smallest absolute Gasteiger partial charge is 0.319 e. The summed E-state index contributed by atoms with van der Waals surface area (Å²) in [6, 6.07) is 0.357. The predicted octanol–water partition coefficient (Wildman–Crippen LogP) is 1.63. The van der Waals surface area contributed by atoms with Crippen molar-refractivity contribution in [1.82, 2.24) is 4.90 Å². The maximum absolute atomic E-state index is 11.3. The third-order valence-electron chi connectivity index (χ3n) is 3.14. The molecule has 0 rings (SSSR count). The Morgan fingerprint density at radius 3 is 2.41 bits per heavy atom. The standard InChI is InChI=1S/C13H28N2O2/c1-11(2)15(9-12(16)17-5)8-6-7-13(3,4)10-14/h11H,6-10,14H2,1-5H3. The minimum absolute atomic E-state index is 0.170. The topological polar surface area (TPSA) is 55.6 Å². The Bertz CT molecular complexity index is 227. The van der Waals surface area contributed by atoms with Crippen molar-refractivity contribution < 1.29 is 9.53 Å². The van der Waals surface area contributed by atoms with Gasteiger partial charge in [0.15, 0.2) is 0 Å². The Labute approximate surface area is 105 Å². The monoisotopic (exact) mass is 244 g/mol. The molecule has 0 aliphatic rings. The third kappa shape index (κ3) is 7.34. The van der Waals surface area contributed by atoms with E-state index < -0.39 is 0 Å². The second-order valence-electron chi connectivity index (χ2n) is 5.61. The van der Waals surface area contributed by atoms with Gasteiger partial charge < -0.3 is 10.5 Å². The first-order chi connectivity index (χ1) is 7.82. The highest BCUT2D eigenvalue weighted by atomic mass is 16.5. The van der Waals surface area contributed by atoms with E-state index in [2.05, 4.69) is 32.6 Å². The van der Waals surface area contributed by atoms with E-state index in [-0.39, 0.29) is 11.4 Å².